The Kier molecular flexibility index (Phi) is 7.78. The number of aromatic nitrogens is 4. The second-order valence-electron chi connectivity index (χ2n) is 5.41. The molecule has 0 bridgehead atoms. The van der Waals surface area contributed by atoms with Crippen molar-refractivity contribution in [2.24, 2.45) is 0 Å². The molecule has 152 valence electrons. The number of hydrogen-bond acceptors (Lipinski definition) is 4. The number of nitrogen functional groups attached to an aromatic ring is 2. The minimum Gasteiger partial charge on any atom is -0.384 e. The topological polar surface area (TPSA) is 98.5 Å². The van der Waals surface area contributed by atoms with Crippen molar-refractivity contribution in [3.63, 3.8) is 0 Å². The van der Waals surface area contributed by atoms with E-state index in [0.29, 0.717) is 21.8 Å². The maximum Gasteiger partial charge on any atom is 0.145 e. The van der Waals surface area contributed by atoms with Crippen molar-refractivity contribution in [2.75, 3.05) is 11.5 Å². The standard InChI is InChI=1S/C9H7F2N3.C6H3BrF2.C3H5N3/c10-6-3-7(11)5-8(4-6)14-2-1-9(12)13-14;7-4-1-5(8)3-6(9)2-4;4-3-1-2-5-6-3/h1-5H,(H2,12,13);1-3H;1-2H,(H3,4,5,6). The molecule has 2 heterocycles. The third kappa shape index (κ3) is 7.66. The lowest BCUT2D eigenvalue weighted by Gasteiger charge is -2.01. The summed E-state index contributed by atoms with van der Waals surface area (Å²) in [5.41, 5.74) is 10.8. The Bertz CT molecular complexity index is 982. The quantitative estimate of drug-likeness (QED) is 0.358. The summed E-state index contributed by atoms with van der Waals surface area (Å²) >= 11 is 2.93. The molecule has 0 unspecified atom stereocenters. The summed E-state index contributed by atoms with van der Waals surface area (Å²) in [6, 6.07) is 9.61. The number of rotatable bonds is 1. The molecule has 0 aliphatic carbocycles. The summed E-state index contributed by atoms with van der Waals surface area (Å²) in [5, 5.41) is 9.92. The van der Waals surface area contributed by atoms with Crippen LogP contribution in [0.15, 0.2) is 65.4 Å². The van der Waals surface area contributed by atoms with Crippen LogP contribution in [0.3, 0.4) is 0 Å². The summed E-state index contributed by atoms with van der Waals surface area (Å²) in [4.78, 5) is 0. The number of H-pyrrole nitrogens is 1. The minimum absolute atomic E-state index is 0.301. The van der Waals surface area contributed by atoms with E-state index in [1.807, 2.05) is 0 Å². The van der Waals surface area contributed by atoms with Gasteiger partial charge in [0.25, 0.3) is 0 Å². The van der Waals surface area contributed by atoms with E-state index in [4.69, 9.17) is 11.5 Å². The molecule has 11 heteroatoms. The van der Waals surface area contributed by atoms with E-state index in [1.165, 1.54) is 35.1 Å². The van der Waals surface area contributed by atoms with Gasteiger partial charge in [0.1, 0.15) is 34.9 Å². The number of benzene rings is 2. The lowest BCUT2D eigenvalue weighted by molar-refractivity contribution is 0.580. The highest BCUT2D eigenvalue weighted by Crippen LogP contribution is 2.13. The first-order valence-electron chi connectivity index (χ1n) is 7.87. The number of anilines is 2. The zero-order valence-corrected chi connectivity index (χ0v) is 16.2. The van der Waals surface area contributed by atoms with Gasteiger partial charge in [-0.05, 0) is 30.3 Å². The monoisotopic (exact) mass is 470 g/mol. The van der Waals surface area contributed by atoms with E-state index < -0.39 is 23.3 Å². The number of aromatic amines is 1. The van der Waals surface area contributed by atoms with Crippen LogP contribution in [-0.4, -0.2) is 20.0 Å². The van der Waals surface area contributed by atoms with Gasteiger partial charge in [-0.3, -0.25) is 5.10 Å². The molecular weight excluding hydrogens is 456 g/mol. The Morgan fingerprint density at radius 1 is 0.828 bits per heavy atom. The van der Waals surface area contributed by atoms with Crippen LogP contribution < -0.4 is 11.5 Å². The summed E-state index contributed by atoms with van der Waals surface area (Å²) < 4.78 is 51.7. The van der Waals surface area contributed by atoms with Crippen LogP contribution in [0.25, 0.3) is 5.69 Å². The summed E-state index contributed by atoms with van der Waals surface area (Å²) in [7, 11) is 0. The van der Waals surface area contributed by atoms with Crippen molar-refractivity contribution in [2.45, 2.75) is 0 Å². The molecule has 0 fully saturated rings. The molecule has 0 aliphatic rings. The van der Waals surface area contributed by atoms with Gasteiger partial charge in [-0.1, -0.05) is 15.9 Å². The number of nitrogens with zero attached hydrogens (tertiary/aromatic N) is 3. The van der Waals surface area contributed by atoms with Crippen LogP contribution in [0, 0.1) is 23.3 Å². The minimum atomic E-state index is -0.644. The van der Waals surface area contributed by atoms with Gasteiger partial charge in [0.15, 0.2) is 0 Å². The van der Waals surface area contributed by atoms with E-state index in [1.54, 1.807) is 18.3 Å². The Morgan fingerprint density at radius 3 is 1.72 bits per heavy atom. The first-order chi connectivity index (χ1) is 13.7. The van der Waals surface area contributed by atoms with E-state index in [-0.39, 0.29) is 0 Å². The van der Waals surface area contributed by atoms with Crippen molar-refractivity contribution < 1.29 is 17.6 Å². The van der Waals surface area contributed by atoms with E-state index in [0.717, 1.165) is 12.1 Å². The number of nitrogens with one attached hydrogen (secondary N) is 1. The molecule has 5 N–H and O–H groups in total. The summed E-state index contributed by atoms with van der Waals surface area (Å²) in [6.45, 7) is 0. The maximum absolute atomic E-state index is 12.8. The van der Waals surface area contributed by atoms with Gasteiger partial charge in [0.05, 0.1) is 11.9 Å². The Balaban J connectivity index is 0.000000171. The molecule has 29 heavy (non-hydrogen) atoms. The molecule has 0 spiro atoms. The molecule has 0 atom stereocenters. The van der Waals surface area contributed by atoms with E-state index >= 15 is 0 Å². The molecule has 2 aromatic carbocycles. The largest absolute Gasteiger partial charge is 0.384 e. The van der Waals surface area contributed by atoms with Gasteiger partial charge < -0.3 is 11.5 Å². The smallest absolute Gasteiger partial charge is 0.145 e. The van der Waals surface area contributed by atoms with Crippen molar-refractivity contribution in [3.8, 4) is 5.69 Å². The van der Waals surface area contributed by atoms with Crippen LogP contribution in [0.5, 0.6) is 0 Å². The van der Waals surface area contributed by atoms with E-state index in [9.17, 15) is 17.6 Å². The zero-order chi connectivity index (χ0) is 21.4. The predicted molar refractivity (Wildman–Crippen MR) is 105 cm³/mol. The lowest BCUT2D eigenvalue weighted by atomic mass is 10.3. The molecule has 0 aliphatic heterocycles. The SMILES string of the molecule is Fc1cc(F)cc(Br)c1.Nc1ccn(-c2cc(F)cc(F)c2)n1.Nc1ccn[nH]1. The summed E-state index contributed by atoms with van der Waals surface area (Å²) in [6.07, 6.45) is 3.14. The van der Waals surface area contributed by atoms with E-state index in [2.05, 4.69) is 31.2 Å². The fourth-order valence-electron chi connectivity index (χ4n) is 1.94. The molecule has 0 saturated carbocycles. The van der Waals surface area contributed by atoms with Crippen LogP contribution in [0.2, 0.25) is 0 Å². The number of nitrogens with two attached hydrogens (primary N) is 2. The Hall–Kier alpha value is -3.34. The van der Waals surface area contributed by atoms with Crippen molar-refractivity contribution in [1.82, 2.24) is 20.0 Å². The molecule has 4 rings (SSSR count). The second kappa shape index (κ2) is 10.3. The van der Waals surface area contributed by atoms with Crippen molar-refractivity contribution >= 4 is 27.6 Å². The van der Waals surface area contributed by atoms with Gasteiger partial charge in [0, 0.05) is 28.9 Å². The molecule has 0 saturated heterocycles. The first kappa shape index (κ1) is 22.0. The van der Waals surface area contributed by atoms with Gasteiger partial charge in [-0.2, -0.15) is 10.2 Å². The Morgan fingerprint density at radius 2 is 1.38 bits per heavy atom. The van der Waals surface area contributed by atoms with Crippen molar-refractivity contribution in [3.05, 3.63) is 88.7 Å². The zero-order valence-electron chi connectivity index (χ0n) is 14.7. The molecule has 0 amide bonds. The van der Waals surface area contributed by atoms with Gasteiger partial charge >= 0.3 is 0 Å². The first-order valence-corrected chi connectivity index (χ1v) is 8.66. The van der Waals surface area contributed by atoms with Crippen LogP contribution in [0.4, 0.5) is 29.2 Å². The van der Waals surface area contributed by atoms with Crippen LogP contribution >= 0.6 is 15.9 Å². The van der Waals surface area contributed by atoms with Crippen molar-refractivity contribution in [1.29, 1.82) is 0 Å². The fourth-order valence-corrected chi connectivity index (χ4v) is 2.38. The van der Waals surface area contributed by atoms with Gasteiger partial charge in [0.2, 0.25) is 0 Å². The van der Waals surface area contributed by atoms with Gasteiger partial charge in [-0.25, -0.2) is 22.2 Å². The number of halogens is 5. The van der Waals surface area contributed by atoms with Crippen LogP contribution in [-0.2, 0) is 0 Å². The highest BCUT2D eigenvalue weighted by molar-refractivity contribution is 9.10. The second-order valence-corrected chi connectivity index (χ2v) is 6.33. The highest BCUT2D eigenvalue weighted by atomic mass is 79.9. The summed E-state index contributed by atoms with van der Waals surface area (Å²) in [5.74, 6) is -1.52. The normalized spacial score (nSPS) is 9.83. The van der Waals surface area contributed by atoms with Crippen LogP contribution in [0.1, 0.15) is 0 Å². The third-order valence-electron chi connectivity index (χ3n) is 3.07. The number of hydrogen-bond donors (Lipinski definition) is 3. The maximum atomic E-state index is 12.8. The molecule has 0 radical (unpaired) electrons. The average molecular weight is 471 g/mol. The van der Waals surface area contributed by atoms with Gasteiger partial charge in [-0.15, -0.1) is 0 Å². The molecule has 4 aromatic rings. The average Bonchev–Trinajstić information content (AvgIpc) is 3.25. The predicted octanol–water partition coefficient (Wildman–Crippen LogP) is 4.45. The molecule has 2 aromatic heterocycles. The highest BCUT2D eigenvalue weighted by Gasteiger charge is 2.03. The molecular formula is C18H15BrF4N6. The molecule has 6 nitrogen and oxygen atoms in total. The third-order valence-corrected chi connectivity index (χ3v) is 3.53. The Labute approximate surface area is 171 Å². The fraction of sp³-hybridized carbons (Fsp3) is 0. The lowest BCUT2D eigenvalue weighted by Crippen LogP contribution is -1.97.